The minimum absolute atomic E-state index is 0.0267. The summed E-state index contributed by atoms with van der Waals surface area (Å²) in [6.45, 7) is 28.7. The second kappa shape index (κ2) is 16.3. The highest BCUT2D eigenvalue weighted by Crippen LogP contribution is 2.41. The van der Waals surface area contributed by atoms with Gasteiger partial charge in [-0.15, -0.1) is 0 Å². The molecule has 1 rings (SSSR count). The zero-order valence-electron chi connectivity index (χ0n) is 30.3. The fourth-order valence-corrected chi connectivity index (χ4v) is 5.10. The maximum absolute atomic E-state index is 11.7. The number of hydrogen-bond acceptors (Lipinski definition) is 8. The van der Waals surface area contributed by atoms with Crippen LogP contribution in [-0.4, -0.2) is 77.7 Å². The minimum Gasteiger partial charge on any atom is -0.491 e. The van der Waals surface area contributed by atoms with E-state index in [1.54, 1.807) is 13.8 Å². The van der Waals surface area contributed by atoms with E-state index in [0.717, 1.165) is 12.2 Å². The molecule has 8 heteroatoms. The van der Waals surface area contributed by atoms with Crippen LogP contribution in [0.5, 0.6) is 5.75 Å². The number of ketones is 1. The maximum atomic E-state index is 11.7. The lowest BCUT2D eigenvalue weighted by Gasteiger charge is -2.47. The van der Waals surface area contributed by atoms with Crippen LogP contribution in [0, 0.1) is 5.41 Å². The van der Waals surface area contributed by atoms with Crippen LogP contribution < -0.4 is 4.74 Å². The van der Waals surface area contributed by atoms with Crippen LogP contribution in [0.25, 0.3) is 0 Å². The molecule has 1 N–H and O–H groups in total. The van der Waals surface area contributed by atoms with Crippen LogP contribution in [0.2, 0.25) is 0 Å². The molecule has 1 aromatic rings. The number of hydrogen-bond donors (Lipinski definition) is 1. The third-order valence-corrected chi connectivity index (χ3v) is 7.58. The van der Waals surface area contributed by atoms with Gasteiger partial charge in [-0.1, -0.05) is 32.0 Å². The van der Waals surface area contributed by atoms with Crippen molar-refractivity contribution in [2.45, 2.75) is 157 Å². The standard InChI is InChI=1S/C36H64O8/c1-27(37)24-39-25-30(23-34(9,10)44-33(7,8)20-21-41-31(2,3)4)42-35(11,12)32(5,6)22-29(43-36(13,14)38)26-40-28-18-16-15-17-19-28/h15-19,29-30,38H,20-26H2,1-14H3. The summed E-state index contributed by atoms with van der Waals surface area (Å²) in [7, 11) is 0. The van der Waals surface area contributed by atoms with E-state index in [1.807, 2.05) is 51.1 Å². The van der Waals surface area contributed by atoms with Crippen LogP contribution in [0.3, 0.4) is 0 Å². The van der Waals surface area contributed by atoms with Gasteiger partial charge in [0.05, 0.1) is 41.2 Å². The molecule has 0 fully saturated rings. The van der Waals surface area contributed by atoms with Crippen LogP contribution >= 0.6 is 0 Å². The second-order valence-corrected chi connectivity index (χ2v) is 15.9. The van der Waals surface area contributed by atoms with E-state index in [2.05, 4.69) is 55.4 Å². The highest BCUT2D eigenvalue weighted by atomic mass is 16.6. The van der Waals surface area contributed by atoms with Gasteiger partial charge in [0.2, 0.25) is 0 Å². The van der Waals surface area contributed by atoms with Gasteiger partial charge in [-0.05, 0) is 113 Å². The highest BCUT2D eigenvalue weighted by molar-refractivity contribution is 5.76. The minimum atomic E-state index is -1.33. The van der Waals surface area contributed by atoms with Gasteiger partial charge in [-0.25, -0.2) is 0 Å². The number of Topliss-reactive ketones (excluding diaryl/α,β-unsaturated/α-hetero) is 1. The van der Waals surface area contributed by atoms with Crippen LogP contribution in [0.1, 0.15) is 116 Å². The third-order valence-electron chi connectivity index (χ3n) is 7.58. The molecule has 2 atom stereocenters. The number of carbonyl (C=O) groups excluding carboxylic acids is 1. The number of carbonyl (C=O) groups is 1. The van der Waals surface area contributed by atoms with Gasteiger partial charge in [0, 0.05) is 13.0 Å². The molecule has 0 aliphatic carbocycles. The van der Waals surface area contributed by atoms with Crippen molar-refractivity contribution in [1.82, 2.24) is 0 Å². The van der Waals surface area contributed by atoms with E-state index >= 15 is 0 Å². The first-order valence-electron chi connectivity index (χ1n) is 16.0. The molecule has 0 amide bonds. The first-order chi connectivity index (χ1) is 19.8. The number of para-hydroxylation sites is 1. The molecule has 0 aliphatic heterocycles. The van der Waals surface area contributed by atoms with Gasteiger partial charge in [-0.2, -0.15) is 0 Å². The van der Waals surface area contributed by atoms with E-state index in [-0.39, 0.29) is 37.3 Å². The predicted octanol–water partition coefficient (Wildman–Crippen LogP) is 7.53. The van der Waals surface area contributed by atoms with Gasteiger partial charge in [0.1, 0.15) is 19.0 Å². The topological polar surface area (TPSA) is 92.7 Å². The number of ether oxygens (including phenoxy) is 6. The van der Waals surface area contributed by atoms with Crippen molar-refractivity contribution < 1.29 is 38.3 Å². The molecule has 0 radical (unpaired) electrons. The van der Waals surface area contributed by atoms with Crippen molar-refractivity contribution in [2.24, 2.45) is 5.41 Å². The van der Waals surface area contributed by atoms with Gasteiger partial charge >= 0.3 is 0 Å². The largest absolute Gasteiger partial charge is 0.491 e. The van der Waals surface area contributed by atoms with E-state index < -0.39 is 34.1 Å². The molecule has 0 spiro atoms. The molecule has 0 saturated heterocycles. The highest BCUT2D eigenvalue weighted by Gasteiger charge is 2.44. The Bertz CT molecular complexity index is 970. The van der Waals surface area contributed by atoms with Gasteiger partial charge < -0.3 is 33.5 Å². The lowest BCUT2D eigenvalue weighted by Crippen LogP contribution is -2.50. The van der Waals surface area contributed by atoms with Crippen molar-refractivity contribution in [1.29, 1.82) is 0 Å². The predicted molar refractivity (Wildman–Crippen MR) is 176 cm³/mol. The van der Waals surface area contributed by atoms with Crippen molar-refractivity contribution >= 4 is 5.78 Å². The molecular formula is C36H64O8. The number of benzene rings is 1. The summed E-state index contributed by atoms with van der Waals surface area (Å²) in [5, 5.41) is 10.5. The summed E-state index contributed by atoms with van der Waals surface area (Å²) in [5.74, 6) is -0.632. The zero-order chi connectivity index (χ0) is 34.0. The molecule has 1 aromatic carbocycles. The van der Waals surface area contributed by atoms with Gasteiger partial charge in [-0.3, -0.25) is 4.79 Å². The van der Waals surface area contributed by atoms with Crippen molar-refractivity contribution in [3.05, 3.63) is 30.3 Å². The van der Waals surface area contributed by atoms with Crippen LogP contribution in [-0.2, 0) is 28.5 Å². The lowest BCUT2D eigenvalue weighted by molar-refractivity contribution is -0.231. The zero-order valence-corrected chi connectivity index (χ0v) is 30.3. The molecule has 8 nitrogen and oxygen atoms in total. The first kappa shape index (κ1) is 40.5. The van der Waals surface area contributed by atoms with Crippen LogP contribution in [0.4, 0.5) is 0 Å². The molecule has 0 heterocycles. The van der Waals surface area contributed by atoms with E-state index in [1.165, 1.54) is 6.92 Å². The maximum Gasteiger partial charge on any atom is 0.160 e. The summed E-state index contributed by atoms with van der Waals surface area (Å²) in [6, 6.07) is 9.57. The van der Waals surface area contributed by atoms with E-state index in [0.29, 0.717) is 19.4 Å². The van der Waals surface area contributed by atoms with Crippen molar-refractivity contribution in [3.63, 3.8) is 0 Å². The Morgan fingerprint density at radius 1 is 0.773 bits per heavy atom. The lowest BCUT2D eigenvalue weighted by atomic mass is 9.73. The fourth-order valence-electron chi connectivity index (χ4n) is 5.10. The van der Waals surface area contributed by atoms with Crippen molar-refractivity contribution in [3.8, 4) is 5.75 Å². The molecule has 0 bridgehead atoms. The Hall–Kier alpha value is -1.55. The normalized spacial score (nSPS) is 15.2. The average molecular weight is 625 g/mol. The SMILES string of the molecule is CC(=O)COCC(CC(C)(C)OC(C)(C)CCOC(C)(C)C)OC(C)(C)C(C)(C)CC(COc1ccccc1)OC(C)(C)O. The molecular weight excluding hydrogens is 560 g/mol. The molecule has 0 saturated carbocycles. The molecule has 44 heavy (non-hydrogen) atoms. The summed E-state index contributed by atoms with van der Waals surface area (Å²) in [4.78, 5) is 11.7. The Balaban J connectivity index is 3.09. The fraction of sp³-hybridized carbons (Fsp3) is 0.806. The quantitative estimate of drug-likeness (QED) is 0.140. The second-order valence-electron chi connectivity index (χ2n) is 15.9. The summed E-state index contributed by atoms with van der Waals surface area (Å²) >= 11 is 0. The summed E-state index contributed by atoms with van der Waals surface area (Å²) < 4.78 is 37.3. The third kappa shape index (κ3) is 17.2. The van der Waals surface area contributed by atoms with E-state index in [4.69, 9.17) is 28.4 Å². The van der Waals surface area contributed by atoms with Crippen molar-refractivity contribution in [2.75, 3.05) is 26.4 Å². The summed E-state index contributed by atoms with van der Waals surface area (Å²) in [6.07, 6.45) is 1.09. The number of rotatable bonds is 21. The molecule has 256 valence electrons. The molecule has 0 aromatic heterocycles. The van der Waals surface area contributed by atoms with Crippen LogP contribution in [0.15, 0.2) is 30.3 Å². The molecule has 2 unspecified atom stereocenters. The average Bonchev–Trinajstić information content (AvgIpc) is 2.79. The molecule has 0 aliphatic rings. The first-order valence-corrected chi connectivity index (χ1v) is 16.0. The Morgan fingerprint density at radius 3 is 1.86 bits per heavy atom. The summed E-state index contributed by atoms with van der Waals surface area (Å²) in [5.41, 5.74) is -2.25. The Labute approximate surface area is 268 Å². The Kier molecular flexibility index (Phi) is 15.0. The smallest absolute Gasteiger partial charge is 0.160 e. The number of aliphatic hydroxyl groups is 1. The van der Waals surface area contributed by atoms with Gasteiger partial charge in [0.15, 0.2) is 11.6 Å². The monoisotopic (exact) mass is 624 g/mol. The van der Waals surface area contributed by atoms with Gasteiger partial charge in [0.25, 0.3) is 0 Å². The van der Waals surface area contributed by atoms with E-state index in [9.17, 15) is 9.90 Å². The Morgan fingerprint density at radius 2 is 1.34 bits per heavy atom.